The maximum Gasteiger partial charge on any atom is 0.420 e. The van der Waals surface area contributed by atoms with E-state index in [2.05, 4.69) is 0 Å². The Morgan fingerprint density at radius 2 is 1.88 bits per heavy atom. The zero-order valence-corrected chi connectivity index (χ0v) is 20.4. The lowest BCUT2D eigenvalue weighted by Crippen LogP contribution is -2.56. The van der Waals surface area contributed by atoms with Crippen LogP contribution in [0.25, 0.3) is 0 Å². The Bertz CT molecular complexity index is 1130. The monoisotopic (exact) mass is 530 g/mol. The van der Waals surface area contributed by atoms with Crippen molar-refractivity contribution in [2.24, 2.45) is 0 Å². The Morgan fingerprint density at radius 3 is 2.39 bits per heavy atom. The highest BCUT2D eigenvalue weighted by Gasteiger charge is 2.52. The van der Waals surface area contributed by atoms with Gasteiger partial charge in [0.1, 0.15) is 4.21 Å². The molecule has 8 nitrogen and oxygen atoms in total. The van der Waals surface area contributed by atoms with Gasteiger partial charge in [-0.2, -0.15) is 25.9 Å². The molecule has 0 saturated carbocycles. The summed E-state index contributed by atoms with van der Waals surface area (Å²) in [7, 11) is -7.57. The van der Waals surface area contributed by atoms with Crippen molar-refractivity contribution >= 4 is 31.5 Å². The lowest BCUT2D eigenvalue weighted by Gasteiger charge is -2.43. The second-order valence-electron chi connectivity index (χ2n) is 8.05. The van der Waals surface area contributed by atoms with Gasteiger partial charge in [0.25, 0.3) is 20.1 Å². The number of aliphatic hydroxyl groups is 1. The molecule has 1 N–H and O–H groups in total. The van der Waals surface area contributed by atoms with E-state index in [1.807, 2.05) is 0 Å². The highest BCUT2D eigenvalue weighted by atomic mass is 32.2. The second kappa shape index (κ2) is 9.30. The molecule has 2 aliphatic rings. The van der Waals surface area contributed by atoms with Crippen molar-refractivity contribution in [1.29, 1.82) is 0 Å². The SMILES string of the molecule is CC(O)(C1=CC=C(N2CCN(S(=O)(=O)c3cccs3)CC2COS(C)(=O)=O)CC1)C(F)(F)F. The summed E-state index contributed by atoms with van der Waals surface area (Å²) in [5, 5.41) is 11.6. The van der Waals surface area contributed by atoms with Gasteiger partial charge in [-0.15, -0.1) is 11.3 Å². The largest absolute Gasteiger partial charge is 0.420 e. The number of sulfonamides is 1. The van der Waals surface area contributed by atoms with Gasteiger partial charge in [0.2, 0.25) is 0 Å². The van der Waals surface area contributed by atoms with Crippen molar-refractivity contribution in [2.45, 2.75) is 41.8 Å². The summed E-state index contributed by atoms with van der Waals surface area (Å²) in [5.74, 6) is 0. The predicted octanol–water partition coefficient (Wildman–Crippen LogP) is 2.32. The Balaban J connectivity index is 1.85. The van der Waals surface area contributed by atoms with Crippen molar-refractivity contribution in [3.05, 3.63) is 40.9 Å². The van der Waals surface area contributed by atoms with E-state index < -0.39 is 38.0 Å². The Kier molecular flexibility index (Phi) is 7.37. The normalized spacial score (nSPS) is 23.1. The molecule has 0 amide bonds. The van der Waals surface area contributed by atoms with E-state index in [1.54, 1.807) is 16.3 Å². The van der Waals surface area contributed by atoms with Crippen molar-refractivity contribution in [3.63, 3.8) is 0 Å². The molecule has 0 spiro atoms. The standard InChI is InChI=1S/C19H25F3N2O6S3/c1-18(25,19(20,21)22)14-5-7-15(8-6-14)24-10-9-23(12-16(24)13-30-32(2,26)27)33(28,29)17-4-3-11-31-17/h3-5,7,11,16,25H,6,8-10,12-13H2,1-2H3. The van der Waals surface area contributed by atoms with E-state index in [-0.39, 0.29) is 48.9 Å². The average molecular weight is 531 g/mol. The summed E-state index contributed by atoms with van der Waals surface area (Å²) in [4.78, 5) is 1.77. The average Bonchev–Trinajstić information content (AvgIpc) is 3.26. The Morgan fingerprint density at radius 1 is 1.18 bits per heavy atom. The van der Waals surface area contributed by atoms with Gasteiger partial charge >= 0.3 is 6.18 Å². The number of alkyl halides is 3. The molecule has 2 atom stereocenters. The lowest BCUT2D eigenvalue weighted by atomic mass is 9.87. The van der Waals surface area contributed by atoms with Crippen LogP contribution in [0.15, 0.2) is 45.1 Å². The van der Waals surface area contributed by atoms with Crippen LogP contribution in [0.5, 0.6) is 0 Å². The first-order valence-electron chi connectivity index (χ1n) is 9.97. The van der Waals surface area contributed by atoms with E-state index in [9.17, 15) is 35.1 Å². The Labute approximate surface area is 195 Å². The minimum atomic E-state index is -4.82. The molecule has 1 aliphatic heterocycles. The maximum atomic E-state index is 13.2. The van der Waals surface area contributed by atoms with Crippen molar-refractivity contribution in [3.8, 4) is 0 Å². The molecule has 1 aromatic heterocycles. The van der Waals surface area contributed by atoms with Crippen LogP contribution < -0.4 is 0 Å². The fourth-order valence-electron chi connectivity index (χ4n) is 3.76. The number of allylic oxidation sites excluding steroid dienone is 3. The van der Waals surface area contributed by atoms with Crippen LogP contribution in [-0.2, 0) is 24.3 Å². The molecule has 33 heavy (non-hydrogen) atoms. The van der Waals surface area contributed by atoms with Crippen LogP contribution in [0.2, 0.25) is 0 Å². The minimum Gasteiger partial charge on any atom is -0.377 e. The number of hydrogen-bond acceptors (Lipinski definition) is 8. The fourth-order valence-corrected chi connectivity index (χ4v) is 6.78. The summed E-state index contributed by atoms with van der Waals surface area (Å²) in [6.45, 7) is 0.652. The lowest BCUT2D eigenvalue weighted by molar-refractivity contribution is -0.237. The summed E-state index contributed by atoms with van der Waals surface area (Å²) < 4.78 is 94.8. The first-order chi connectivity index (χ1) is 15.1. The molecular formula is C19H25F3N2O6S3. The quantitative estimate of drug-likeness (QED) is 0.540. The third-order valence-corrected chi connectivity index (χ3v) is 9.49. The molecule has 1 aromatic rings. The number of rotatable bonds is 7. The second-order valence-corrected chi connectivity index (χ2v) is 12.8. The highest BCUT2D eigenvalue weighted by Crippen LogP contribution is 2.40. The van der Waals surface area contributed by atoms with E-state index in [1.165, 1.54) is 22.5 Å². The van der Waals surface area contributed by atoms with Gasteiger partial charge in [-0.1, -0.05) is 12.1 Å². The van der Waals surface area contributed by atoms with Gasteiger partial charge < -0.3 is 10.0 Å². The highest BCUT2D eigenvalue weighted by molar-refractivity contribution is 7.91. The number of hydrogen-bond donors (Lipinski definition) is 1. The molecule has 2 heterocycles. The zero-order chi connectivity index (χ0) is 24.7. The number of nitrogens with zero attached hydrogens (tertiary/aromatic N) is 2. The van der Waals surface area contributed by atoms with Crippen LogP contribution in [0.1, 0.15) is 19.8 Å². The first-order valence-corrected chi connectivity index (χ1v) is 14.1. The molecule has 14 heteroatoms. The van der Waals surface area contributed by atoms with Crippen LogP contribution in [0.3, 0.4) is 0 Å². The van der Waals surface area contributed by atoms with Gasteiger partial charge in [-0.3, -0.25) is 4.18 Å². The maximum absolute atomic E-state index is 13.2. The smallest absolute Gasteiger partial charge is 0.377 e. The van der Waals surface area contributed by atoms with E-state index in [4.69, 9.17) is 4.18 Å². The zero-order valence-electron chi connectivity index (χ0n) is 17.9. The number of thiophene rings is 1. The van der Waals surface area contributed by atoms with Gasteiger partial charge in [-0.05, 0) is 42.9 Å². The molecular weight excluding hydrogens is 505 g/mol. The van der Waals surface area contributed by atoms with Crippen LogP contribution in [0.4, 0.5) is 13.2 Å². The molecule has 0 aromatic carbocycles. The topological polar surface area (TPSA) is 104 Å². The van der Waals surface area contributed by atoms with Crippen LogP contribution >= 0.6 is 11.3 Å². The van der Waals surface area contributed by atoms with E-state index in [0.717, 1.165) is 17.6 Å². The molecule has 1 aliphatic carbocycles. The van der Waals surface area contributed by atoms with E-state index in [0.29, 0.717) is 12.6 Å². The van der Waals surface area contributed by atoms with Crippen molar-refractivity contribution in [1.82, 2.24) is 9.21 Å². The molecule has 1 fully saturated rings. The fraction of sp³-hybridized carbons (Fsp3) is 0.579. The summed E-state index contributed by atoms with van der Waals surface area (Å²) in [6.07, 6.45) is -1.14. The van der Waals surface area contributed by atoms with Gasteiger partial charge in [0, 0.05) is 25.3 Å². The third-order valence-electron chi connectivity index (χ3n) is 5.68. The molecule has 2 unspecified atom stereocenters. The molecule has 0 radical (unpaired) electrons. The summed E-state index contributed by atoms with van der Waals surface area (Å²) in [6, 6.07) is 2.43. The minimum absolute atomic E-state index is 0.0499. The number of halogens is 3. The third kappa shape index (κ3) is 5.80. The van der Waals surface area contributed by atoms with Gasteiger partial charge in [0.15, 0.2) is 5.60 Å². The molecule has 0 bridgehead atoms. The van der Waals surface area contributed by atoms with Gasteiger partial charge in [-0.25, -0.2) is 8.42 Å². The van der Waals surface area contributed by atoms with Crippen molar-refractivity contribution < 1.29 is 39.3 Å². The van der Waals surface area contributed by atoms with Crippen molar-refractivity contribution in [2.75, 3.05) is 32.5 Å². The number of piperazine rings is 1. The first kappa shape index (κ1) is 26.2. The van der Waals surface area contributed by atoms with Crippen LogP contribution in [-0.4, -0.2) is 81.5 Å². The molecule has 1 saturated heterocycles. The summed E-state index contributed by atoms with van der Waals surface area (Å²) >= 11 is 1.07. The molecule has 186 valence electrons. The molecule has 3 rings (SSSR count). The van der Waals surface area contributed by atoms with Crippen LogP contribution in [0, 0.1) is 0 Å². The summed E-state index contributed by atoms with van der Waals surface area (Å²) in [5.41, 5.74) is -2.52. The van der Waals surface area contributed by atoms with Gasteiger partial charge in [0.05, 0.1) is 18.9 Å². The van der Waals surface area contributed by atoms with E-state index >= 15 is 0 Å². The Hall–Kier alpha value is -1.45. The predicted molar refractivity (Wildman–Crippen MR) is 116 cm³/mol.